The number of hydrogen-bond acceptors (Lipinski definition) is 3. The normalized spacial score (nSPS) is 13.6. The minimum absolute atomic E-state index is 0.218. The third kappa shape index (κ3) is 3.19. The Bertz CT molecular complexity index is 925. The van der Waals surface area contributed by atoms with Gasteiger partial charge in [-0.15, -0.1) is 0 Å². The van der Waals surface area contributed by atoms with E-state index in [0.717, 1.165) is 47.5 Å². The predicted molar refractivity (Wildman–Crippen MR) is 101 cm³/mol. The lowest BCUT2D eigenvalue weighted by molar-refractivity contribution is 0.251. The van der Waals surface area contributed by atoms with Gasteiger partial charge < -0.3 is 19.6 Å². The van der Waals surface area contributed by atoms with Crippen molar-refractivity contribution in [3.63, 3.8) is 0 Å². The van der Waals surface area contributed by atoms with Gasteiger partial charge in [-0.25, -0.2) is 9.78 Å². The molecule has 1 aliphatic rings. The van der Waals surface area contributed by atoms with Crippen molar-refractivity contribution in [1.82, 2.24) is 14.9 Å². The van der Waals surface area contributed by atoms with Crippen LogP contribution in [-0.4, -0.2) is 22.1 Å². The number of rotatable bonds is 5. The number of hydrogen-bond donors (Lipinski definition) is 2. The molecule has 0 unspecified atom stereocenters. The lowest BCUT2D eigenvalue weighted by atomic mass is 9.96. The molecular weight excluding hydrogens is 328 g/mol. The van der Waals surface area contributed by atoms with Gasteiger partial charge in [-0.1, -0.05) is 19.1 Å². The summed E-state index contributed by atoms with van der Waals surface area (Å²) in [5.41, 5.74) is 2.83. The second-order valence-corrected chi connectivity index (χ2v) is 6.66. The van der Waals surface area contributed by atoms with Crippen molar-refractivity contribution in [2.45, 2.75) is 45.6 Å². The Kier molecular flexibility index (Phi) is 4.65. The molecule has 2 N–H and O–H groups in total. The first kappa shape index (κ1) is 16.7. The van der Waals surface area contributed by atoms with Gasteiger partial charge in [0.2, 0.25) is 0 Å². The Balaban J connectivity index is 1.42. The fourth-order valence-corrected chi connectivity index (χ4v) is 3.70. The predicted octanol–water partition coefficient (Wildman–Crippen LogP) is 3.89. The Hall–Kier alpha value is -2.76. The van der Waals surface area contributed by atoms with E-state index in [2.05, 4.69) is 33.2 Å². The molecule has 0 saturated heterocycles. The number of imidazole rings is 1. The van der Waals surface area contributed by atoms with Crippen LogP contribution in [0.1, 0.15) is 36.9 Å². The number of carbonyl (C=O) groups is 1. The van der Waals surface area contributed by atoms with Crippen molar-refractivity contribution in [3.05, 3.63) is 47.7 Å². The molecular formula is C20H24N4O2. The first-order valence-electron chi connectivity index (χ1n) is 9.34. The molecule has 1 aromatic carbocycles. The molecule has 0 radical (unpaired) electrons. The Labute approximate surface area is 152 Å². The van der Waals surface area contributed by atoms with Crippen LogP contribution in [0.25, 0.3) is 11.0 Å². The zero-order valence-electron chi connectivity index (χ0n) is 15.0. The molecule has 2 aromatic heterocycles. The number of carbonyl (C=O) groups excluding carboxylic acids is 1. The van der Waals surface area contributed by atoms with Crippen LogP contribution in [0.2, 0.25) is 0 Å². The maximum absolute atomic E-state index is 12.3. The van der Waals surface area contributed by atoms with Crippen molar-refractivity contribution in [1.29, 1.82) is 0 Å². The van der Waals surface area contributed by atoms with Crippen molar-refractivity contribution in [3.8, 4) is 0 Å². The summed E-state index contributed by atoms with van der Waals surface area (Å²) in [5.74, 6) is 2.10. The van der Waals surface area contributed by atoms with E-state index >= 15 is 0 Å². The zero-order valence-corrected chi connectivity index (χ0v) is 15.0. The number of benzene rings is 1. The average molecular weight is 352 g/mol. The molecule has 0 atom stereocenters. The van der Waals surface area contributed by atoms with Gasteiger partial charge in [-0.05, 0) is 25.3 Å². The molecule has 0 bridgehead atoms. The highest BCUT2D eigenvalue weighted by atomic mass is 16.3. The SMILES string of the molecule is CCc1nccn1CCNC(=O)Nc1cccc2c3c(oc12)CCCC3. The molecule has 136 valence electrons. The summed E-state index contributed by atoms with van der Waals surface area (Å²) in [6.07, 6.45) is 9.02. The summed E-state index contributed by atoms with van der Waals surface area (Å²) in [4.78, 5) is 16.6. The molecule has 4 rings (SSSR count). The molecule has 0 aliphatic heterocycles. The number of anilines is 1. The molecule has 1 aliphatic carbocycles. The maximum Gasteiger partial charge on any atom is 0.319 e. The highest BCUT2D eigenvalue weighted by molar-refractivity contribution is 6.00. The second-order valence-electron chi connectivity index (χ2n) is 6.66. The standard InChI is InChI=1S/C20H24N4O2/c1-2-18-21-10-12-24(18)13-11-22-20(25)23-16-8-5-7-15-14-6-3-4-9-17(14)26-19(15)16/h5,7-8,10,12H,2-4,6,9,11,13H2,1H3,(H2,22,23,25). The Morgan fingerprint density at radius 3 is 3.08 bits per heavy atom. The van der Waals surface area contributed by atoms with Crippen molar-refractivity contribution in [2.75, 3.05) is 11.9 Å². The monoisotopic (exact) mass is 352 g/mol. The summed E-state index contributed by atoms with van der Waals surface area (Å²) in [5, 5.41) is 6.97. The van der Waals surface area contributed by atoms with E-state index in [9.17, 15) is 4.79 Å². The van der Waals surface area contributed by atoms with Crippen molar-refractivity contribution < 1.29 is 9.21 Å². The van der Waals surface area contributed by atoms with Crippen LogP contribution in [0.5, 0.6) is 0 Å². The first-order valence-corrected chi connectivity index (χ1v) is 9.34. The quantitative estimate of drug-likeness (QED) is 0.732. The summed E-state index contributed by atoms with van der Waals surface area (Å²) < 4.78 is 8.12. The summed E-state index contributed by atoms with van der Waals surface area (Å²) in [6, 6.07) is 5.73. The average Bonchev–Trinajstić information content (AvgIpc) is 3.26. The van der Waals surface area contributed by atoms with Gasteiger partial charge >= 0.3 is 6.03 Å². The van der Waals surface area contributed by atoms with Gasteiger partial charge in [0.1, 0.15) is 11.6 Å². The molecule has 6 heteroatoms. The summed E-state index contributed by atoms with van der Waals surface area (Å²) >= 11 is 0. The minimum atomic E-state index is -0.218. The van der Waals surface area contributed by atoms with Crippen molar-refractivity contribution in [2.24, 2.45) is 0 Å². The number of amides is 2. The van der Waals surface area contributed by atoms with Crippen LogP contribution in [0.3, 0.4) is 0 Å². The van der Waals surface area contributed by atoms with Crippen molar-refractivity contribution >= 4 is 22.7 Å². The van der Waals surface area contributed by atoms with Gasteiger partial charge in [0, 0.05) is 49.3 Å². The first-order chi connectivity index (χ1) is 12.8. The third-order valence-electron chi connectivity index (χ3n) is 4.99. The van der Waals surface area contributed by atoms with E-state index in [1.165, 1.54) is 18.4 Å². The van der Waals surface area contributed by atoms with Crippen LogP contribution < -0.4 is 10.6 Å². The highest BCUT2D eigenvalue weighted by Crippen LogP contribution is 2.35. The largest absolute Gasteiger partial charge is 0.459 e. The molecule has 0 fully saturated rings. The van der Waals surface area contributed by atoms with Gasteiger partial charge in [-0.2, -0.15) is 0 Å². The smallest absolute Gasteiger partial charge is 0.319 e. The Morgan fingerprint density at radius 2 is 2.19 bits per heavy atom. The van der Waals surface area contributed by atoms with E-state index in [0.29, 0.717) is 13.1 Å². The lowest BCUT2D eigenvalue weighted by Crippen LogP contribution is -2.31. The van der Waals surface area contributed by atoms with E-state index in [4.69, 9.17) is 4.42 Å². The minimum Gasteiger partial charge on any atom is -0.459 e. The van der Waals surface area contributed by atoms with Crippen LogP contribution in [-0.2, 0) is 25.8 Å². The van der Waals surface area contributed by atoms with Gasteiger partial charge in [0.05, 0.1) is 5.69 Å². The second kappa shape index (κ2) is 7.23. The number of nitrogens with zero attached hydrogens (tertiary/aromatic N) is 2. The van der Waals surface area contributed by atoms with Gasteiger partial charge in [0.15, 0.2) is 5.58 Å². The number of nitrogens with one attached hydrogen (secondary N) is 2. The number of aromatic nitrogens is 2. The van der Waals surface area contributed by atoms with E-state index < -0.39 is 0 Å². The molecule has 6 nitrogen and oxygen atoms in total. The van der Waals surface area contributed by atoms with Crippen LogP contribution in [0, 0.1) is 0 Å². The topological polar surface area (TPSA) is 72.1 Å². The van der Waals surface area contributed by atoms with Gasteiger partial charge in [-0.3, -0.25) is 0 Å². The molecule has 2 amide bonds. The van der Waals surface area contributed by atoms with Gasteiger partial charge in [0.25, 0.3) is 0 Å². The fraction of sp³-hybridized carbons (Fsp3) is 0.400. The van der Waals surface area contributed by atoms with E-state index in [1.807, 2.05) is 18.3 Å². The zero-order chi connectivity index (χ0) is 17.9. The molecule has 2 heterocycles. The molecule has 26 heavy (non-hydrogen) atoms. The fourth-order valence-electron chi connectivity index (χ4n) is 3.70. The summed E-state index contributed by atoms with van der Waals surface area (Å²) in [7, 11) is 0. The Morgan fingerprint density at radius 1 is 1.31 bits per heavy atom. The van der Waals surface area contributed by atoms with Crippen LogP contribution >= 0.6 is 0 Å². The number of fused-ring (bicyclic) bond motifs is 3. The number of aryl methyl sites for hydroxylation is 3. The number of furan rings is 1. The molecule has 0 spiro atoms. The number of para-hydroxylation sites is 1. The highest BCUT2D eigenvalue weighted by Gasteiger charge is 2.19. The van der Waals surface area contributed by atoms with E-state index in [1.54, 1.807) is 6.20 Å². The molecule has 3 aromatic rings. The lowest BCUT2D eigenvalue weighted by Gasteiger charge is -2.10. The summed E-state index contributed by atoms with van der Waals surface area (Å²) in [6.45, 7) is 3.32. The maximum atomic E-state index is 12.3. The molecule has 0 saturated carbocycles. The third-order valence-corrected chi connectivity index (χ3v) is 4.99. The van der Waals surface area contributed by atoms with Crippen LogP contribution in [0.15, 0.2) is 35.0 Å². The van der Waals surface area contributed by atoms with E-state index in [-0.39, 0.29) is 6.03 Å². The number of urea groups is 1. The van der Waals surface area contributed by atoms with Crippen LogP contribution in [0.4, 0.5) is 10.5 Å².